The summed E-state index contributed by atoms with van der Waals surface area (Å²) in [6, 6.07) is 8.31. The van der Waals surface area contributed by atoms with E-state index in [0.717, 1.165) is 5.56 Å². The van der Waals surface area contributed by atoms with Crippen molar-refractivity contribution in [3.05, 3.63) is 59.5 Å². The summed E-state index contributed by atoms with van der Waals surface area (Å²) in [7, 11) is 4.46. The summed E-state index contributed by atoms with van der Waals surface area (Å²) in [6.07, 6.45) is 2.93. The number of rotatable bonds is 6. The molecule has 0 radical (unpaired) electrons. The van der Waals surface area contributed by atoms with Crippen LogP contribution in [-0.4, -0.2) is 42.2 Å². The summed E-state index contributed by atoms with van der Waals surface area (Å²) in [4.78, 5) is 21.5. The largest absolute Gasteiger partial charge is 0.508 e. The van der Waals surface area contributed by atoms with Crippen molar-refractivity contribution in [1.82, 2.24) is 9.97 Å². The number of hydrogen-bond acceptors (Lipinski definition) is 7. The number of phenolic OH excluding ortho intramolecular Hbond substituents is 1. The lowest BCUT2D eigenvalue weighted by atomic mass is 10.1. The monoisotopic (exact) mass is 380 g/mol. The number of ketones is 1. The van der Waals surface area contributed by atoms with Gasteiger partial charge >= 0.3 is 0 Å². The Hall–Kier alpha value is -3.61. The average molecular weight is 380 g/mol. The summed E-state index contributed by atoms with van der Waals surface area (Å²) in [6.45, 7) is 1.80. The fourth-order valence-corrected chi connectivity index (χ4v) is 2.74. The van der Waals surface area contributed by atoms with Gasteiger partial charge in [-0.15, -0.1) is 0 Å². The van der Waals surface area contributed by atoms with Gasteiger partial charge in [0.15, 0.2) is 11.5 Å². The van der Waals surface area contributed by atoms with Gasteiger partial charge < -0.3 is 19.3 Å². The Morgan fingerprint density at radius 3 is 2.21 bits per heavy atom. The van der Waals surface area contributed by atoms with E-state index in [-0.39, 0.29) is 17.2 Å². The fourth-order valence-electron chi connectivity index (χ4n) is 2.74. The van der Waals surface area contributed by atoms with E-state index in [1.165, 1.54) is 33.7 Å². The lowest BCUT2D eigenvalue weighted by molar-refractivity contribution is 0.103. The molecule has 0 atom stereocenters. The third-order valence-electron chi connectivity index (χ3n) is 4.30. The highest BCUT2D eigenvalue weighted by atomic mass is 16.5. The quantitative estimate of drug-likeness (QED) is 0.655. The highest BCUT2D eigenvalue weighted by Crippen LogP contribution is 2.38. The second-order valence-electron chi connectivity index (χ2n) is 6.03. The lowest BCUT2D eigenvalue weighted by Crippen LogP contribution is -2.07. The van der Waals surface area contributed by atoms with E-state index in [1.807, 2.05) is 6.07 Å². The van der Waals surface area contributed by atoms with Gasteiger partial charge in [-0.2, -0.15) is 0 Å². The Bertz CT molecular complexity index is 1010. The first-order chi connectivity index (χ1) is 13.5. The van der Waals surface area contributed by atoms with Crippen LogP contribution in [0.4, 0.5) is 0 Å². The normalized spacial score (nSPS) is 10.4. The molecule has 0 amide bonds. The number of carbonyl (C=O) groups is 1. The van der Waals surface area contributed by atoms with Crippen molar-refractivity contribution in [3.8, 4) is 34.3 Å². The van der Waals surface area contributed by atoms with Crippen LogP contribution in [-0.2, 0) is 0 Å². The van der Waals surface area contributed by atoms with Crippen LogP contribution in [0, 0.1) is 6.92 Å². The molecule has 0 saturated heterocycles. The van der Waals surface area contributed by atoms with E-state index in [4.69, 9.17) is 14.2 Å². The SMILES string of the molecule is COc1cc(C(=O)c2cncc(-c3ccc(C)c(O)c3)n2)cc(OC)c1OC. The van der Waals surface area contributed by atoms with Crippen LogP contribution in [0.1, 0.15) is 21.6 Å². The number of methoxy groups -OCH3 is 3. The number of aryl methyl sites for hydroxylation is 1. The van der Waals surface area contributed by atoms with E-state index >= 15 is 0 Å². The van der Waals surface area contributed by atoms with Gasteiger partial charge in [0.05, 0.1) is 39.4 Å². The van der Waals surface area contributed by atoms with Gasteiger partial charge in [0, 0.05) is 11.1 Å². The molecule has 0 fully saturated rings. The first kappa shape index (κ1) is 19.2. The Kier molecular flexibility index (Phi) is 5.44. The van der Waals surface area contributed by atoms with Crippen LogP contribution in [0.25, 0.3) is 11.3 Å². The van der Waals surface area contributed by atoms with Crippen LogP contribution in [0.15, 0.2) is 42.7 Å². The molecule has 0 aliphatic rings. The van der Waals surface area contributed by atoms with E-state index < -0.39 is 0 Å². The Balaban J connectivity index is 2.02. The Morgan fingerprint density at radius 2 is 1.64 bits per heavy atom. The standard InChI is InChI=1S/C21H20N2O5/c1-12-5-6-13(7-17(12)24)15-10-22-11-16(23-15)20(25)14-8-18(26-2)21(28-4)19(9-14)27-3/h5-11,24H,1-4H3. The van der Waals surface area contributed by atoms with E-state index in [1.54, 1.807) is 31.2 Å². The van der Waals surface area contributed by atoms with Gasteiger partial charge in [-0.05, 0) is 30.7 Å². The van der Waals surface area contributed by atoms with E-state index in [9.17, 15) is 9.90 Å². The van der Waals surface area contributed by atoms with Crippen molar-refractivity contribution in [1.29, 1.82) is 0 Å². The van der Waals surface area contributed by atoms with Crippen LogP contribution < -0.4 is 14.2 Å². The molecule has 3 rings (SSSR count). The first-order valence-corrected chi connectivity index (χ1v) is 8.45. The minimum atomic E-state index is -0.343. The molecule has 0 aliphatic heterocycles. The molecule has 0 unspecified atom stereocenters. The van der Waals surface area contributed by atoms with Gasteiger partial charge in [0.1, 0.15) is 11.4 Å². The highest BCUT2D eigenvalue weighted by molar-refractivity contribution is 6.08. The number of phenols is 1. The zero-order valence-corrected chi connectivity index (χ0v) is 16.0. The predicted molar refractivity (Wildman–Crippen MR) is 103 cm³/mol. The number of ether oxygens (including phenoxy) is 3. The van der Waals surface area contributed by atoms with Crippen molar-refractivity contribution < 1.29 is 24.1 Å². The molecule has 7 heteroatoms. The van der Waals surface area contributed by atoms with Crippen molar-refractivity contribution >= 4 is 5.78 Å². The van der Waals surface area contributed by atoms with Crippen LogP contribution in [0.2, 0.25) is 0 Å². The molecule has 0 aliphatic carbocycles. The van der Waals surface area contributed by atoms with E-state index in [2.05, 4.69) is 9.97 Å². The molecule has 0 saturated carbocycles. The molecule has 0 spiro atoms. The molecule has 1 aromatic heterocycles. The second-order valence-corrected chi connectivity index (χ2v) is 6.03. The third-order valence-corrected chi connectivity index (χ3v) is 4.30. The molecular weight excluding hydrogens is 360 g/mol. The molecule has 1 heterocycles. The number of hydrogen-bond donors (Lipinski definition) is 1. The Labute approximate surface area is 162 Å². The maximum atomic E-state index is 13.0. The molecule has 1 N–H and O–H groups in total. The minimum Gasteiger partial charge on any atom is -0.508 e. The minimum absolute atomic E-state index is 0.153. The molecular formula is C21H20N2O5. The van der Waals surface area contributed by atoms with Gasteiger partial charge in [0.25, 0.3) is 0 Å². The predicted octanol–water partition coefficient (Wildman–Crippen LogP) is 3.41. The van der Waals surface area contributed by atoms with Crippen LogP contribution in [0.5, 0.6) is 23.0 Å². The summed E-state index contributed by atoms with van der Waals surface area (Å²) < 4.78 is 15.9. The van der Waals surface area contributed by atoms with E-state index in [0.29, 0.717) is 34.1 Å². The lowest BCUT2D eigenvalue weighted by Gasteiger charge is -2.13. The number of aromatic hydroxyl groups is 1. The molecule has 28 heavy (non-hydrogen) atoms. The fraction of sp³-hybridized carbons (Fsp3) is 0.190. The molecule has 7 nitrogen and oxygen atoms in total. The maximum absolute atomic E-state index is 13.0. The van der Waals surface area contributed by atoms with Crippen LogP contribution in [0.3, 0.4) is 0 Å². The molecule has 3 aromatic rings. The number of carbonyl (C=O) groups excluding carboxylic acids is 1. The van der Waals surface area contributed by atoms with Gasteiger partial charge in [0.2, 0.25) is 11.5 Å². The first-order valence-electron chi connectivity index (χ1n) is 8.45. The summed E-state index contributed by atoms with van der Waals surface area (Å²) in [5.41, 5.74) is 2.38. The van der Waals surface area contributed by atoms with Gasteiger partial charge in [-0.3, -0.25) is 9.78 Å². The number of aromatic nitrogens is 2. The van der Waals surface area contributed by atoms with Crippen molar-refractivity contribution in [2.45, 2.75) is 6.92 Å². The van der Waals surface area contributed by atoms with Crippen LogP contribution >= 0.6 is 0 Å². The van der Waals surface area contributed by atoms with Crippen molar-refractivity contribution in [3.63, 3.8) is 0 Å². The zero-order chi connectivity index (χ0) is 20.3. The molecule has 2 aromatic carbocycles. The highest BCUT2D eigenvalue weighted by Gasteiger charge is 2.19. The molecule has 0 bridgehead atoms. The summed E-state index contributed by atoms with van der Waals surface area (Å²) >= 11 is 0. The maximum Gasteiger partial charge on any atom is 0.213 e. The number of benzene rings is 2. The third kappa shape index (κ3) is 3.59. The van der Waals surface area contributed by atoms with Crippen molar-refractivity contribution in [2.75, 3.05) is 21.3 Å². The Morgan fingerprint density at radius 1 is 0.964 bits per heavy atom. The van der Waals surface area contributed by atoms with Gasteiger partial charge in [-0.1, -0.05) is 12.1 Å². The number of nitrogens with zero attached hydrogens (tertiary/aromatic N) is 2. The smallest absolute Gasteiger partial charge is 0.213 e. The van der Waals surface area contributed by atoms with Crippen molar-refractivity contribution in [2.24, 2.45) is 0 Å². The topological polar surface area (TPSA) is 90.8 Å². The van der Waals surface area contributed by atoms with Gasteiger partial charge in [-0.25, -0.2) is 4.98 Å². The summed E-state index contributed by atoms with van der Waals surface area (Å²) in [5.74, 6) is 0.956. The summed E-state index contributed by atoms with van der Waals surface area (Å²) in [5, 5.41) is 9.93. The average Bonchev–Trinajstić information content (AvgIpc) is 2.74. The second kappa shape index (κ2) is 7.96. The molecule has 144 valence electrons. The zero-order valence-electron chi connectivity index (χ0n) is 16.0.